The minimum absolute atomic E-state index is 0.139. The molecule has 0 aromatic carbocycles. The molecule has 4 heterocycles. The average molecular weight is 374 g/mol. The second-order valence-electron chi connectivity index (χ2n) is 6.38. The number of carbonyl (C=O) groups excluding carboxylic acids is 2. The Labute approximate surface area is 153 Å². The molecule has 1 saturated heterocycles. The second-order valence-corrected chi connectivity index (χ2v) is 7.33. The van der Waals surface area contributed by atoms with Crippen molar-refractivity contribution >= 4 is 28.1 Å². The Bertz CT molecular complexity index is 937. The summed E-state index contributed by atoms with van der Waals surface area (Å²) in [7, 11) is 0. The molecular formula is C16H18N6O3S. The minimum Gasteiger partial charge on any atom is -0.459 e. The number of amides is 2. The Kier molecular flexibility index (Phi) is 4.19. The quantitative estimate of drug-likeness (QED) is 0.689. The predicted octanol–water partition coefficient (Wildman–Crippen LogP) is 1.50. The Hall–Kier alpha value is -2.75. The number of hydrogen-bond donors (Lipinski definition) is 0. The maximum Gasteiger partial charge on any atom is 0.289 e. The largest absolute Gasteiger partial charge is 0.459 e. The summed E-state index contributed by atoms with van der Waals surface area (Å²) in [6.45, 7) is 5.86. The van der Waals surface area contributed by atoms with Gasteiger partial charge in [0.1, 0.15) is 0 Å². The van der Waals surface area contributed by atoms with E-state index in [9.17, 15) is 9.59 Å². The van der Waals surface area contributed by atoms with E-state index in [0.717, 1.165) is 5.82 Å². The first kappa shape index (κ1) is 16.7. The smallest absolute Gasteiger partial charge is 0.289 e. The van der Waals surface area contributed by atoms with Crippen LogP contribution in [0.15, 0.2) is 22.8 Å². The van der Waals surface area contributed by atoms with Crippen LogP contribution in [0, 0.1) is 0 Å². The lowest BCUT2D eigenvalue weighted by Crippen LogP contribution is -2.50. The Morgan fingerprint density at radius 2 is 1.81 bits per heavy atom. The van der Waals surface area contributed by atoms with Crippen molar-refractivity contribution in [2.75, 3.05) is 26.2 Å². The lowest BCUT2D eigenvalue weighted by Gasteiger charge is -2.33. The maximum absolute atomic E-state index is 12.7. The number of nitrogens with zero attached hydrogens (tertiary/aromatic N) is 6. The summed E-state index contributed by atoms with van der Waals surface area (Å²) < 4.78 is 6.79. The van der Waals surface area contributed by atoms with Crippen LogP contribution in [0.3, 0.4) is 0 Å². The van der Waals surface area contributed by atoms with Crippen LogP contribution in [-0.4, -0.2) is 67.6 Å². The normalized spacial score (nSPS) is 15.2. The number of fused-ring (bicyclic) bond motifs is 1. The Morgan fingerprint density at radius 1 is 1.12 bits per heavy atom. The van der Waals surface area contributed by atoms with Crippen LogP contribution in [0.4, 0.5) is 0 Å². The topological polar surface area (TPSA) is 96.8 Å². The number of furan rings is 1. The van der Waals surface area contributed by atoms with Gasteiger partial charge in [0.15, 0.2) is 11.6 Å². The van der Waals surface area contributed by atoms with E-state index in [2.05, 4.69) is 15.3 Å². The highest BCUT2D eigenvalue weighted by Gasteiger charge is 2.28. The van der Waals surface area contributed by atoms with Crippen molar-refractivity contribution in [3.63, 3.8) is 0 Å². The highest BCUT2D eigenvalue weighted by atomic mass is 32.1. The van der Waals surface area contributed by atoms with Gasteiger partial charge in [-0.3, -0.25) is 9.59 Å². The molecule has 0 atom stereocenters. The van der Waals surface area contributed by atoms with Crippen LogP contribution in [0.5, 0.6) is 0 Å². The average Bonchev–Trinajstić information content (AvgIpc) is 3.36. The van der Waals surface area contributed by atoms with Gasteiger partial charge in [-0.1, -0.05) is 25.2 Å². The Balaban J connectivity index is 1.44. The molecule has 9 nitrogen and oxygen atoms in total. The van der Waals surface area contributed by atoms with Crippen molar-refractivity contribution in [3.8, 4) is 0 Å². The summed E-state index contributed by atoms with van der Waals surface area (Å²) in [5, 5.41) is 13.0. The third-order valence-electron chi connectivity index (χ3n) is 4.30. The molecule has 1 aliphatic rings. The molecule has 1 aliphatic heterocycles. The van der Waals surface area contributed by atoms with Gasteiger partial charge in [0, 0.05) is 32.1 Å². The lowest BCUT2D eigenvalue weighted by molar-refractivity contribution is 0.0517. The molecule has 2 amide bonds. The molecule has 1 fully saturated rings. The molecule has 0 unspecified atom stereocenters. The van der Waals surface area contributed by atoms with Gasteiger partial charge in [-0.25, -0.2) is 0 Å². The fourth-order valence-corrected chi connectivity index (χ4v) is 3.70. The third-order valence-corrected chi connectivity index (χ3v) is 5.19. The van der Waals surface area contributed by atoms with Gasteiger partial charge in [-0.15, -0.1) is 15.3 Å². The number of aromatic nitrogens is 4. The predicted molar refractivity (Wildman–Crippen MR) is 93.3 cm³/mol. The number of hydrogen-bond acceptors (Lipinski definition) is 7. The molecule has 0 radical (unpaired) electrons. The van der Waals surface area contributed by atoms with Gasteiger partial charge < -0.3 is 14.2 Å². The van der Waals surface area contributed by atoms with Crippen molar-refractivity contribution in [3.05, 3.63) is 35.0 Å². The SMILES string of the molecule is CC(C)c1nnc2sc(C(=O)N3CCN(C(=O)c4ccco4)CC3)nn12. The van der Waals surface area contributed by atoms with Crippen molar-refractivity contribution in [1.82, 2.24) is 29.6 Å². The van der Waals surface area contributed by atoms with Crippen molar-refractivity contribution in [2.24, 2.45) is 0 Å². The van der Waals surface area contributed by atoms with Crippen molar-refractivity contribution < 1.29 is 14.0 Å². The molecule has 10 heteroatoms. The zero-order valence-corrected chi connectivity index (χ0v) is 15.3. The van der Waals surface area contributed by atoms with E-state index < -0.39 is 0 Å². The summed E-state index contributed by atoms with van der Waals surface area (Å²) >= 11 is 1.23. The van der Waals surface area contributed by atoms with E-state index in [1.165, 1.54) is 17.6 Å². The number of carbonyl (C=O) groups is 2. The minimum atomic E-state index is -0.150. The first-order valence-electron chi connectivity index (χ1n) is 8.39. The van der Waals surface area contributed by atoms with Crippen LogP contribution in [0.2, 0.25) is 0 Å². The van der Waals surface area contributed by atoms with Crippen LogP contribution in [0.25, 0.3) is 4.96 Å². The van der Waals surface area contributed by atoms with Crippen LogP contribution < -0.4 is 0 Å². The van der Waals surface area contributed by atoms with E-state index >= 15 is 0 Å². The van der Waals surface area contributed by atoms with E-state index in [0.29, 0.717) is 41.9 Å². The lowest BCUT2D eigenvalue weighted by atomic mass is 10.2. The molecule has 0 spiro atoms. The maximum atomic E-state index is 12.7. The van der Waals surface area contributed by atoms with Gasteiger partial charge in [0.25, 0.3) is 11.8 Å². The second kappa shape index (κ2) is 6.52. The van der Waals surface area contributed by atoms with Crippen LogP contribution in [0.1, 0.15) is 45.9 Å². The molecule has 0 N–H and O–H groups in total. The molecule has 136 valence electrons. The first-order valence-corrected chi connectivity index (χ1v) is 9.20. The van der Waals surface area contributed by atoms with Gasteiger partial charge in [-0.2, -0.15) is 4.52 Å². The molecular weight excluding hydrogens is 356 g/mol. The fourth-order valence-electron chi connectivity index (χ4n) is 2.88. The van der Waals surface area contributed by atoms with Gasteiger partial charge in [0.2, 0.25) is 9.97 Å². The third kappa shape index (κ3) is 2.85. The van der Waals surface area contributed by atoms with E-state index in [-0.39, 0.29) is 17.7 Å². The first-order chi connectivity index (χ1) is 12.5. The molecule has 3 aromatic rings. The zero-order chi connectivity index (χ0) is 18.3. The van der Waals surface area contributed by atoms with E-state index in [4.69, 9.17) is 4.42 Å². The summed E-state index contributed by atoms with van der Waals surface area (Å²) in [6, 6.07) is 3.33. The molecule has 0 saturated carbocycles. The standard InChI is InChI=1S/C16H18N6O3S/c1-10(2)12-17-18-16-22(12)19-13(26-16)15(24)21-7-5-20(6-8-21)14(23)11-4-3-9-25-11/h3-4,9-10H,5-8H2,1-2H3. The van der Waals surface area contributed by atoms with Gasteiger partial charge >= 0.3 is 0 Å². The van der Waals surface area contributed by atoms with Gasteiger partial charge in [0.05, 0.1) is 6.26 Å². The molecule has 4 rings (SSSR count). The molecule has 0 bridgehead atoms. The molecule has 26 heavy (non-hydrogen) atoms. The highest BCUT2D eigenvalue weighted by molar-refractivity contribution is 7.18. The van der Waals surface area contributed by atoms with Crippen LogP contribution in [-0.2, 0) is 0 Å². The number of piperazine rings is 1. The van der Waals surface area contributed by atoms with Crippen molar-refractivity contribution in [2.45, 2.75) is 19.8 Å². The summed E-state index contributed by atoms with van der Waals surface area (Å²) in [5.74, 6) is 0.942. The summed E-state index contributed by atoms with van der Waals surface area (Å²) in [4.78, 5) is 29.1. The van der Waals surface area contributed by atoms with Crippen molar-refractivity contribution in [1.29, 1.82) is 0 Å². The summed E-state index contributed by atoms with van der Waals surface area (Å²) in [6.07, 6.45) is 1.48. The molecule has 3 aromatic heterocycles. The van der Waals surface area contributed by atoms with E-state index in [1.54, 1.807) is 26.4 Å². The monoisotopic (exact) mass is 374 g/mol. The molecule has 0 aliphatic carbocycles. The Morgan fingerprint density at radius 3 is 2.42 bits per heavy atom. The highest BCUT2D eigenvalue weighted by Crippen LogP contribution is 2.20. The fraction of sp³-hybridized carbons (Fsp3) is 0.438. The van der Waals surface area contributed by atoms with Crippen LogP contribution >= 0.6 is 11.3 Å². The summed E-state index contributed by atoms with van der Waals surface area (Å²) in [5.41, 5.74) is 0. The number of rotatable bonds is 3. The van der Waals surface area contributed by atoms with Gasteiger partial charge in [-0.05, 0) is 12.1 Å². The zero-order valence-electron chi connectivity index (χ0n) is 14.5. The van der Waals surface area contributed by atoms with E-state index in [1.807, 2.05) is 13.8 Å².